The van der Waals surface area contributed by atoms with Gasteiger partial charge in [0.15, 0.2) is 0 Å². The van der Waals surface area contributed by atoms with Crippen molar-refractivity contribution in [3.63, 3.8) is 0 Å². The first-order chi connectivity index (χ1) is 8.35. The van der Waals surface area contributed by atoms with Crippen molar-refractivity contribution in [3.05, 3.63) is 35.8 Å². The number of rotatable bonds is 3. The molecule has 1 atom stereocenters. The van der Waals surface area contributed by atoms with Gasteiger partial charge in [0.25, 0.3) is 0 Å². The lowest BCUT2D eigenvalue weighted by atomic mass is 10.1. The van der Waals surface area contributed by atoms with E-state index < -0.39 is 0 Å². The first-order valence-electron chi connectivity index (χ1n) is 6.13. The molecule has 1 unspecified atom stereocenters. The van der Waals surface area contributed by atoms with Gasteiger partial charge in [0.2, 0.25) is 0 Å². The number of nitrogens with zero attached hydrogens (tertiary/aromatic N) is 2. The van der Waals surface area contributed by atoms with Gasteiger partial charge in [-0.05, 0) is 24.5 Å². The van der Waals surface area contributed by atoms with Gasteiger partial charge in [0.1, 0.15) is 5.65 Å². The van der Waals surface area contributed by atoms with E-state index in [0.717, 1.165) is 36.4 Å². The van der Waals surface area contributed by atoms with Crippen LogP contribution in [0.2, 0.25) is 0 Å². The Kier molecular flexibility index (Phi) is 2.82. The maximum absolute atomic E-state index is 5.63. The van der Waals surface area contributed by atoms with Gasteiger partial charge in [-0.25, -0.2) is 4.98 Å². The molecule has 1 aliphatic heterocycles. The number of pyridine rings is 1. The van der Waals surface area contributed by atoms with Crippen molar-refractivity contribution in [1.29, 1.82) is 0 Å². The Morgan fingerprint density at radius 3 is 3.12 bits per heavy atom. The van der Waals surface area contributed by atoms with E-state index in [2.05, 4.69) is 11.2 Å². The van der Waals surface area contributed by atoms with E-state index >= 15 is 0 Å². The Balaban J connectivity index is 1.85. The molecule has 2 aromatic heterocycles. The number of imidazole rings is 1. The second-order valence-corrected chi connectivity index (χ2v) is 4.58. The molecular weight excluding hydrogens is 214 g/mol. The number of aromatic nitrogens is 2. The molecule has 3 heterocycles. The van der Waals surface area contributed by atoms with Crippen molar-refractivity contribution in [1.82, 2.24) is 9.38 Å². The van der Waals surface area contributed by atoms with E-state index in [0.29, 0.717) is 12.6 Å². The molecule has 1 saturated heterocycles. The SMILES string of the molecule is NCc1ccc2nc(CC3CCCO3)cn2c1. The summed E-state index contributed by atoms with van der Waals surface area (Å²) in [6, 6.07) is 4.04. The number of nitrogens with two attached hydrogens (primary N) is 1. The van der Waals surface area contributed by atoms with Crippen LogP contribution < -0.4 is 5.73 Å². The van der Waals surface area contributed by atoms with Gasteiger partial charge in [-0.1, -0.05) is 6.07 Å². The van der Waals surface area contributed by atoms with Crippen LogP contribution in [0.4, 0.5) is 0 Å². The number of hydrogen-bond donors (Lipinski definition) is 1. The van der Waals surface area contributed by atoms with Crippen molar-refractivity contribution >= 4 is 5.65 Å². The fourth-order valence-corrected chi connectivity index (χ4v) is 2.35. The van der Waals surface area contributed by atoms with Gasteiger partial charge in [0.05, 0.1) is 11.8 Å². The molecule has 2 N–H and O–H groups in total. The molecule has 17 heavy (non-hydrogen) atoms. The van der Waals surface area contributed by atoms with E-state index in [1.54, 1.807) is 0 Å². The molecule has 0 spiro atoms. The minimum absolute atomic E-state index is 0.355. The van der Waals surface area contributed by atoms with Gasteiger partial charge < -0.3 is 14.9 Å². The first-order valence-corrected chi connectivity index (χ1v) is 6.13. The number of ether oxygens (including phenoxy) is 1. The normalized spacial score (nSPS) is 20.2. The van der Waals surface area contributed by atoms with E-state index in [4.69, 9.17) is 10.5 Å². The van der Waals surface area contributed by atoms with Crippen molar-refractivity contribution < 1.29 is 4.74 Å². The predicted octanol–water partition coefficient (Wildman–Crippen LogP) is 1.51. The minimum atomic E-state index is 0.355. The van der Waals surface area contributed by atoms with Crippen LogP contribution in [0.25, 0.3) is 5.65 Å². The van der Waals surface area contributed by atoms with E-state index in [9.17, 15) is 0 Å². The zero-order valence-electron chi connectivity index (χ0n) is 9.80. The molecular formula is C13H17N3O. The number of hydrogen-bond acceptors (Lipinski definition) is 3. The Hall–Kier alpha value is -1.39. The van der Waals surface area contributed by atoms with Crippen LogP contribution in [0.5, 0.6) is 0 Å². The molecule has 0 aromatic carbocycles. The van der Waals surface area contributed by atoms with Crippen LogP contribution in [0.3, 0.4) is 0 Å². The third kappa shape index (κ3) is 2.18. The quantitative estimate of drug-likeness (QED) is 0.871. The smallest absolute Gasteiger partial charge is 0.136 e. The highest BCUT2D eigenvalue weighted by Crippen LogP contribution is 2.17. The zero-order chi connectivity index (χ0) is 11.7. The molecule has 0 radical (unpaired) electrons. The van der Waals surface area contributed by atoms with Gasteiger partial charge in [-0.2, -0.15) is 0 Å². The summed E-state index contributed by atoms with van der Waals surface area (Å²) >= 11 is 0. The monoisotopic (exact) mass is 231 g/mol. The molecule has 0 aliphatic carbocycles. The molecule has 2 aromatic rings. The van der Waals surface area contributed by atoms with Crippen molar-refractivity contribution in [2.75, 3.05) is 6.61 Å². The first kappa shape index (κ1) is 10.7. The summed E-state index contributed by atoms with van der Waals surface area (Å²) in [6.07, 6.45) is 7.72. The molecule has 1 fully saturated rings. The molecule has 4 nitrogen and oxygen atoms in total. The molecule has 0 amide bonds. The van der Waals surface area contributed by atoms with Crippen LogP contribution in [-0.2, 0) is 17.7 Å². The lowest BCUT2D eigenvalue weighted by Gasteiger charge is -2.05. The summed E-state index contributed by atoms with van der Waals surface area (Å²) < 4.78 is 7.68. The highest BCUT2D eigenvalue weighted by molar-refractivity contribution is 5.41. The molecule has 90 valence electrons. The third-order valence-electron chi connectivity index (χ3n) is 3.26. The van der Waals surface area contributed by atoms with Crippen LogP contribution in [0.1, 0.15) is 24.1 Å². The average molecular weight is 231 g/mol. The fraction of sp³-hybridized carbons (Fsp3) is 0.462. The summed E-state index contributed by atoms with van der Waals surface area (Å²) in [5.41, 5.74) is 8.83. The van der Waals surface area contributed by atoms with Gasteiger partial charge in [-0.15, -0.1) is 0 Å². The lowest BCUT2D eigenvalue weighted by molar-refractivity contribution is 0.111. The second kappa shape index (κ2) is 4.47. The van der Waals surface area contributed by atoms with Crippen LogP contribution >= 0.6 is 0 Å². The van der Waals surface area contributed by atoms with E-state index in [1.165, 1.54) is 6.42 Å². The fourth-order valence-electron chi connectivity index (χ4n) is 2.35. The lowest BCUT2D eigenvalue weighted by Crippen LogP contribution is -2.08. The van der Waals surface area contributed by atoms with Crippen molar-refractivity contribution in [2.24, 2.45) is 5.73 Å². The van der Waals surface area contributed by atoms with Crippen LogP contribution in [-0.4, -0.2) is 22.1 Å². The molecule has 0 bridgehead atoms. The zero-order valence-corrected chi connectivity index (χ0v) is 9.80. The topological polar surface area (TPSA) is 52.5 Å². The maximum atomic E-state index is 5.63. The Morgan fingerprint density at radius 2 is 2.35 bits per heavy atom. The van der Waals surface area contributed by atoms with Crippen molar-refractivity contribution in [3.8, 4) is 0 Å². The molecule has 1 aliphatic rings. The van der Waals surface area contributed by atoms with E-state index in [-0.39, 0.29) is 0 Å². The minimum Gasteiger partial charge on any atom is -0.378 e. The summed E-state index contributed by atoms with van der Waals surface area (Å²) in [5.74, 6) is 0. The third-order valence-corrected chi connectivity index (χ3v) is 3.26. The average Bonchev–Trinajstić information content (AvgIpc) is 2.96. The predicted molar refractivity (Wildman–Crippen MR) is 65.8 cm³/mol. The Labute approximate surface area is 100 Å². The largest absolute Gasteiger partial charge is 0.378 e. The molecule has 4 heteroatoms. The summed E-state index contributed by atoms with van der Waals surface area (Å²) in [4.78, 5) is 4.59. The second-order valence-electron chi connectivity index (χ2n) is 4.58. The van der Waals surface area contributed by atoms with Gasteiger partial charge in [0, 0.05) is 32.0 Å². The highest BCUT2D eigenvalue weighted by atomic mass is 16.5. The Morgan fingerprint density at radius 1 is 1.41 bits per heavy atom. The number of fused-ring (bicyclic) bond motifs is 1. The molecule has 3 rings (SSSR count). The molecule has 0 saturated carbocycles. The summed E-state index contributed by atoms with van der Waals surface area (Å²) in [5, 5.41) is 0. The highest BCUT2D eigenvalue weighted by Gasteiger charge is 2.17. The standard InChI is InChI=1S/C13H17N3O/c14-7-10-3-4-13-15-11(9-16(13)8-10)6-12-2-1-5-17-12/h3-4,8-9,12H,1-2,5-7,14H2. The van der Waals surface area contributed by atoms with Crippen molar-refractivity contribution in [2.45, 2.75) is 31.9 Å². The van der Waals surface area contributed by atoms with Crippen LogP contribution in [0.15, 0.2) is 24.5 Å². The Bertz CT molecular complexity index is 514. The van der Waals surface area contributed by atoms with Crippen LogP contribution in [0, 0.1) is 0 Å². The van der Waals surface area contributed by atoms with E-state index in [1.807, 2.05) is 22.7 Å². The summed E-state index contributed by atoms with van der Waals surface area (Å²) in [7, 11) is 0. The maximum Gasteiger partial charge on any atom is 0.136 e. The van der Waals surface area contributed by atoms with Gasteiger partial charge in [-0.3, -0.25) is 0 Å². The van der Waals surface area contributed by atoms with Gasteiger partial charge >= 0.3 is 0 Å². The summed E-state index contributed by atoms with van der Waals surface area (Å²) in [6.45, 7) is 1.46.